The fraction of sp³-hybridized carbons (Fsp3) is 1.00. The smallest absolute Gasteiger partial charge is 0.253 e. The quantitative estimate of drug-likeness (QED) is 0.800. The van der Waals surface area contributed by atoms with E-state index in [1.165, 1.54) is 0 Å². The van der Waals surface area contributed by atoms with Gasteiger partial charge in [-0.1, -0.05) is 0 Å². The summed E-state index contributed by atoms with van der Waals surface area (Å²) in [5.41, 5.74) is 0. The van der Waals surface area contributed by atoms with E-state index in [1.54, 1.807) is 7.05 Å². The van der Waals surface area contributed by atoms with Gasteiger partial charge >= 0.3 is 0 Å². The summed E-state index contributed by atoms with van der Waals surface area (Å²) in [5, 5.41) is 2.65. The second-order valence-corrected chi connectivity index (χ2v) is 6.30. The zero-order valence-corrected chi connectivity index (χ0v) is 9.62. The van der Waals surface area contributed by atoms with Crippen molar-refractivity contribution in [1.29, 1.82) is 0 Å². The van der Waals surface area contributed by atoms with Gasteiger partial charge in [-0.2, -0.15) is 0 Å². The maximum Gasteiger partial charge on any atom is 0.253 e. The normalized spacial score (nSPS) is 26.5. The number of hydrogen-bond acceptors (Lipinski definition) is 3. The highest BCUT2D eigenvalue weighted by atomic mass is 32.2. The van der Waals surface area contributed by atoms with Crippen LogP contribution in [0, 0.1) is 5.92 Å². The Morgan fingerprint density at radius 3 is 2.67 bits per heavy atom. The van der Waals surface area contributed by atoms with Gasteiger partial charge in [0.2, 0.25) is 0 Å². The van der Waals surface area contributed by atoms with Crippen LogP contribution in [-0.4, -0.2) is 39.4 Å². The van der Waals surface area contributed by atoms with Gasteiger partial charge < -0.3 is 5.32 Å². The molecule has 90 valence electrons. The molecule has 1 aliphatic heterocycles. The molecule has 0 radical (unpaired) electrons. The van der Waals surface area contributed by atoms with Crippen molar-refractivity contribution in [3.05, 3.63) is 0 Å². The minimum Gasteiger partial charge on any atom is -0.320 e. The molecule has 1 saturated heterocycles. The van der Waals surface area contributed by atoms with Crippen LogP contribution in [0.2, 0.25) is 0 Å². The zero-order valence-electron chi connectivity index (χ0n) is 8.80. The minimum absolute atomic E-state index is 0.0611. The average molecular weight is 241 g/mol. The van der Waals surface area contributed by atoms with Gasteiger partial charge in [-0.25, -0.2) is 17.2 Å². The minimum atomic E-state index is -3.24. The van der Waals surface area contributed by atoms with Crippen LogP contribution in [0.15, 0.2) is 0 Å². The Kier molecular flexibility index (Phi) is 4.06. The highest BCUT2D eigenvalue weighted by Gasteiger charge is 2.42. The van der Waals surface area contributed by atoms with Gasteiger partial charge in [0.1, 0.15) is 0 Å². The number of alkyl halides is 2. The van der Waals surface area contributed by atoms with E-state index in [0.29, 0.717) is 12.8 Å². The maximum absolute atomic E-state index is 13.5. The summed E-state index contributed by atoms with van der Waals surface area (Å²) >= 11 is 0. The predicted octanol–water partition coefficient (Wildman–Crippen LogP) is 1.06. The molecule has 3 nitrogen and oxygen atoms in total. The second-order valence-electron chi connectivity index (χ2n) is 4.07. The van der Waals surface area contributed by atoms with Gasteiger partial charge in [0.15, 0.2) is 9.84 Å². The van der Waals surface area contributed by atoms with Gasteiger partial charge in [-0.3, -0.25) is 0 Å². The third-order valence-electron chi connectivity index (χ3n) is 2.77. The Labute approximate surface area is 89.2 Å². The summed E-state index contributed by atoms with van der Waals surface area (Å²) in [6.07, 6.45) is 0.391. The lowest BCUT2D eigenvalue weighted by Crippen LogP contribution is -2.39. The first-order chi connectivity index (χ1) is 6.87. The molecule has 0 aromatic carbocycles. The molecule has 1 N–H and O–H groups in total. The van der Waals surface area contributed by atoms with Crippen molar-refractivity contribution in [1.82, 2.24) is 5.32 Å². The molecule has 0 aromatic heterocycles. The molecule has 1 heterocycles. The van der Waals surface area contributed by atoms with E-state index in [2.05, 4.69) is 5.32 Å². The molecule has 0 bridgehead atoms. The summed E-state index contributed by atoms with van der Waals surface area (Å²) in [6.45, 7) is 0.212. The molecule has 1 aliphatic rings. The van der Waals surface area contributed by atoms with E-state index in [9.17, 15) is 17.2 Å². The first-order valence-electron chi connectivity index (χ1n) is 5.10. The lowest BCUT2D eigenvalue weighted by Gasteiger charge is -2.29. The van der Waals surface area contributed by atoms with E-state index in [4.69, 9.17) is 0 Å². The topological polar surface area (TPSA) is 46.2 Å². The summed E-state index contributed by atoms with van der Waals surface area (Å²) in [5.74, 6) is -4.16. The number of hydrogen-bond donors (Lipinski definition) is 1. The lowest BCUT2D eigenvalue weighted by molar-refractivity contribution is -0.0603. The Balaban J connectivity index is 2.62. The Hall–Kier alpha value is -0.230. The van der Waals surface area contributed by atoms with E-state index in [1.807, 2.05) is 0 Å². The summed E-state index contributed by atoms with van der Waals surface area (Å²) in [7, 11) is -1.64. The van der Waals surface area contributed by atoms with Gasteiger partial charge in [0.05, 0.1) is 11.5 Å². The van der Waals surface area contributed by atoms with Crippen LogP contribution in [-0.2, 0) is 9.84 Å². The summed E-state index contributed by atoms with van der Waals surface area (Å²) < 4.78 is 49.5. The van der Waals surface area contributed by atoms with E-state index in [0.717, 1.165) is 0 Å². The molecule has 0 amide bonds. The summed E-state index contributed by atoms with van der Waals surface area (Å²) in [6, 6.07) is 0. The first-order valence-corrected chi connectivity index (χ1v) is 6.92. The molecule has 1 fully saturated rings. The van der Waals surface area contributed by atoms with E-state index >= 15 is 0 Å². The average Bonchev–Trinajstić information content (AvgIpc) is 2.13. The maximum atomic E-state index is 13.5. The van der Waals surface area contributed by atoms with Crippen molar-refractivity contribution in [2.45, 2.75) is 25.2 Å². The molecule has 15 heavy (non-hydrogen) atoms. The second kappa shape index (κ2) is 4.74. The van der Waals surface area contributed by atoms with Crippen LogP contribution in [0.5, 0.6) is 0 Å². The largest absolute Gasteiger partial charge is 0.320 e. The van der Waals surface area contributed by atoms with Crippen LogP contribution in [0.4, 0.5) is 8.78 Å². The van der Waals surface area contributed by atoms with Crippen LogP contribution in [0.1, 0.15) is 19.3 Å². The van der Waals surface area contributed by atoms with Crippen LogP contribution in [0.25, 0.3) is 0 Å². The fourth-order valence-corrected chi connectivity index (χ4v) is 3.65. The van der Waals surface area contributed by atoms with Crippen molar-refractivity contribution in [2.75, 3.05) is 25.1 Å². The van der Waals surface area contributed by atoms with Gasteiger partial charge in [-0.05, 0) is 19.9 Å². The van der Waals surface area contributed by atoms with Crippen molar-refractivity contribution >= 4 is 9.84 Å². The standard InChI is InChI=1S/C9H17F2NO2S/c1-12-5-4-9(10,11)8-3-2-6-15(13,14)7-8/h8,12H,2-7H2,1H3. The highest BCUT2D eigenvalue weighted by molar-refractivity contribution is 7.91. The molecule has 0 spiro atoms. The Morgan fingerprint density at radius 2 is 2.13 bits per heavy atom. The van der Waals surface area contributed by atoms with Gasteiger partial charge in [0, 0.05) is 18.9 Å². The third kappa shape index (κ3) is 3.68. The van der Waals surface area contributed by atoms with Gasteiger partial charge in [-0.15, -0.1) is 0 Å². The number of nitrogens with one attached hydrogen (secondary N) is 1. The monoisotopic (exact) mass is 241 g/mol. The number of rotatable bonds is 4. The van der Waals surface area contributed by atoms with Crippen molar-refractivity contribution in [2.24, 2.45) is 5.92 Å². The Morgan fingerprint density at radius 1 is 1.47 bits per heavy atom. The van der Waals surface area contributed by atoms with Crippen molar-refractivity contribution in [3.8, 4) is 0 Å². The Bertz CT molecular complexity index is 303. The van der Waals surface area contributed by atoms with Crippen molar-refractivity contribution in [3.63, 3.8) is 0 Å². The van der Waals surface area contributed by atoms with Crippen LogP contribution in [0.3, 0.4) is 0 Å². The zero-order chi connectivity index (χ0) is 11.5. The molecule has 0 aromatic rings. The van der Waals surface area contributed by atoms with Crippen LogP contribution < -0.4 is 5.32 Å². The molecule has 1 atom stereocenters. The molecular formula is C9H17F2NO2S. The lowest BCUT2D eigenvalue weighted by atomic mass is 9.95. The number of sulfone groups is 1. The van der Waals surface area contributed by atoms with Crippen molar-refractivity contribution < 1.29 is 17.2 Å². The third-order valence-corrected chi connectivity index (χ3v) is 4.59. The highest BCUT2D eigenvalue weighted by Crippen LogP contribution is 2.35. The van der Waals surface area contributed by atoms with Crippen LogP contribution >= 0.6 is 0 Å². The molecule has 1 rings (SSSR count). The number of halogens is 2. The molecular weight excluding hydrogens is 224 g/mol. The van der Waals surface area contributed by atoms with Gasteiger partial charge in [0.25, 0.3) is 5.92 Å². The molecule has 0 aliphatic carbocycles. The van der Waals surface area contributed by atoms with E-state index < -0.39 is 21.7 Å². The molecule has 1 unspecified atom stereocenters. The molecule has 6 heteroatoms. The SMILES string of the molecule is CNCCC(F)(F)C1CCCS(=O)(=O)C1. The van der Waals surface area contributed by atoms with E-state index in [-0.39, 0.29) is 24.5 Å². The first kappa shape index (κ1) is 12.8. The fourth-order valence-electron chi connectivity index (χ4n) is 1.85. The molecule has 0 saturated carbocycles. The predicted molar refractivity (Wildman–Crippen MR) is 54.9 cm³/mol. The summed E-state index contributed by atoms with van der Waals surface area (Å²) in [4.78, 5) is 0.